The molecule has 3 fully saturated rings. The second-order valence-corrected chi connectivity index (χ2v) is 14.2. The second-order valence-electron chi connectivity index (χ2n) is 11.9. The number of carbonyl (C=O) groups excluding carboxylic acids is 1. The Labute approximate surface area is 249 Å². The lowest BCUT2D eigenvalue weighted by atomic mass is 9.73. The summed E-state index contributed by atoms with van der Waals surface area (Å²) in [6.45, 7) is -2.12. The maximum atomic E-state index is 13.6. The quantitative estimate of drug-likeness (QED) is 0.275. The summed E-state index contributed by atoms with van der Waals surface area (Å²) in [5.74, 6) is 0.568. The summed E-state index contributed by atoms with van der Waals surface area (Å²) in [5, 5.41) is 9.61. The molecule has 2 saturated carbocycles. The van der Waals surface area contributed by atoms with Gasteiger partial charge in [0.2, 0.25) is 5.89 Å². The van der Waals surface area contributed by atoms with E-state index in [9.17, 15) is 27.3 Å². The number of nitriles is 1. The van der Waals surface area contributed by atoms with Crippen LogP contribution >= 0.6 is 0 Å². The monoisotopic (exact) mass is 609 g/mol. The van der Waals surface area contributed by atoms with Crippen molar-refractivity contribution in [2.24, 2.45) is 11.3 Å². The van der Waals surface area contributed by atoms with Crippen LogP contribution in [0.1, 0.15) is 56.6 Å². The van der Waals surface area contributed by atoms with E-state index in [-0.39, 0.29) is 47.2 Å². The topological polar surface area (TPSA) is 114 Å². The van der Waals surface area contributed by atoms with Gasteiger partial charge in [0.05, 0.1) is 23.0 Å². The van der Waals surface area contributed by atoms with Gasteiger partial charge in [-0.3, -0.25) is 4.79 Å². The van der Waals surface area contributed by atoms with Crippen molar-refractivity contribution in [2.75, 3.05) is 29.5 Å². The van der Waals surface area contributed by atoms with Crippen molar-refractivity contribution in [3.05, 3.63) is 54.3 Å². The third kappa shape index (κ3) is 6.44. The average Bonchev–Trinajstić information content (AvgIpc) is 3.63. The summed E-state index contributed by atoms with van der Waals surface area (Å²) < 4.78 is 60.6. The number of Topliss-reactive ketones (excluding diaryl/α,β-unsaturated/α-hetero) is 1. The summed E-state index contributed by atoms with van der Waals surface area (Å²) in [6.07, 6.45) is 5.00. The first kappa shape index (κ1) is 29.3. The Kier molecular flexibility index (Phi) is 7.98. The van der Waals surface area contributed by atoms with Gasteiger partial charge >= 0.3 is 6.61 Å². The molecule has 0 bridgehead atoms. The number of nitrogens with zero attached hydrogens (tertiary/aromatic N) is 3. The number of sulfone groups is 1. The van der Waals surface area contributed by atoms with Crippen LogP contribution in [-0.2, 0) is 14.6 Å². The van der Waals surface area contributed by atoms with Crippen LogP contribution in [0.3, 0.4) is 0 Å². The van der Waals surface area contributed by atoms with E-state index in [2.05, 4.69) is 10.8 Å². The number of ketones is 1. The molecule has 2 aliphatic carbocycles. The second kappa shape index (κ2) is 11.7. The lowest BCUT2D eigenvalue weighted by Gasteiger charge is -2.30. The van der Waals surface area contributed by atoms with Crippen LogP contribution < -0.4 is 9.64 Å². The number of hydrogen-bond donors (Lipinski definition) is 0. The Hall–Kier alpha value is -3.78. The van der Waals surface area contributed by atoms with Crippen molar-refractivity contribution in [3.8, 4) is 34.5 Å². The Balaban J connectivity index is 1.36. The molecule has 3 aromatic rings. The number of ether oxygens (including phenoxy) is 1. The number of benzene rings is 2. The first-order valence-corrected chi connectivity index (χ1v) is 16.5. The molecule has 1 aliphatic heterocycles. The minimum Gasteiger partial charge on any atom is -0.440 e. The number of oxazole rings is 1. The molecule has 0 N–H and O–H groups in total. The van der Waals surface area contributed by atoms with Crippen LogP contribution in [0.25, 0.3) is 22.7 Å². The van der Waals surface area contributed by atoms with Gasteiger partial charge in [-0.15, -0.1) is 0 Å². The normalized spacial score (nSPS) is 22.6. The molecule has 2 aromatic carbocycles. The molecule has 2 atom stereocenters. The van der Waals surface area contributed by atoms with Gasteiger partial charge in [-0.05, 0) is 56.0 Å². The van der Waals surface area contributed by atoms with E-state index in [4.69, 9.17) is 9.40 Å². The number of rotatable bonds is 9. The van der Waals surface area contributed by atoms with E-state index >= 15 is 0 Å². The summed E-state index contributed by atoms with van der Waals surface area (Å²) >= 11 is 0. The minimum absolute atomic E-state index is 0.0151. The molecule has 226 valence electrons. The van der Waals surface area contributed by atoms with Crippen LogP contribution in [0.2, 0.25) is 0 Å². The number of anilines is 1. The highest BCUT2D eigenvalue weighted by Crippen LogP contribution is 2.51. The van der Waals surface area contributed by atoms with Gasteiger partial charge < -0.3 is 14.1 Å². The van der Waals surface area contributed by atoms with Crippen LogP contribution in [0, 0.1) is 22.7 Å². The highest BCUT2D eigenvalue weighted by molar-refractivity contribution is 7.91. The third-order valence-corrected chi connectivity index (χ3v) is 10.5. The fourth-order valence-corrected chi connectivity index (χ4v) is 7.49. The predicted molar refractivity (Wildman–Crippen MR) is 156 cm³/mol. The number of aromatic nitrogens is 1. The average molecular weight is 610 g/mol. The highest BCUT2D eigenvalue weighted by atomic mass is 32.2. The van der Waals surface area contributed by atoms with Crippen LogP contribution in [0.4, 0.5) is 14.5 Å². The molecule has 0 radical (unpaired) electrons. The Morgan fingerprint density at radius 2 is 1.81 bits per heavy atom. The van der Waals surface area contributed by atoms with Gasteiger partial charge in [-0.25, -0.2) is 13.4 Å². The molecule has 0 amide bonds. The van der Waals surface area contributed by atoms with Gasteiger partial charge in [0.15, 0.2) is 9.84 Å². The van der Waals surface area contributed by atoms with Crippen molar-refractivity contribution >= 4 is 21.3 Å². The molecule has 43 heavy (non-hydrogen) atoms. The summed E-state index contributed by atoms with van der Waals surface area (Å²) in [7, 11) is -3.01. The van der Waals surface area contributed by atoms with Crippen LogP contribution in [0.15, 0.2) is 52.9 Å². The maximum absolute atomic E-state index is 13.6. The Bertz CT molecular complexity index is 1630. The smallest absolute Gasteiger partial charge is 0.387 e. The third-order valence-electron chi connectivity index (χ3n) is 8.93. The minimum atomic E-state index is -3.01. The molecule has 1 aromatic heterocycles. The molecule has 3 aliphatic rings. The number of hydrogen-bond acceptors (Lipinski definition) is 8. The van der Waals surface area contributed by atoms with E-state index in [1.54, 1.807) is 12.1 Å². The van der Waals surface area contributed by atoms with Gasteiger partial charge in [0.25, 0.3) is 0 Å². The number of carbonyl (C=O) groups is 1. The summed E-state index contributed by atoms with van der Waals surface area (Å²) in [4.78, 5) is 20.5. The first-order valence-electron chi connectivity index (χ1n) is 14.7. The molecule has 0 spiro atoms. The lowest BCUT2D eigenvalue weighted by Crippen LogP contribution is -2.40. The maximum Gasteiger partial charge on any atom is 0.387 e. The first-order chi connectivity index (χ1) is 20.7. The fourth-order valence-electron chi connectivity index (χ4n) is 6.29. The van der Waals surface area contributed by atoms with Crippen LogP contribution in [-0.4, -0.2) is 50.4 Å². The van der Waals surface area contributed by atoms with Crippen molar-refractivity contribution in [1.82, 2.24) is 4.98 Å². The molecular formula is C32H33F2N3O5S. The van der Waals surface area contributed by atoms with Gasteiger partial charge in [-0.1, -0.05) is 31.0 Å². The summed E-state index contributed by atoms with van der Waals surface area (Å²) in [5.41, 5.74) is 2.18. The standard InChI is InChI=1S/C32H33F2N3O5S/c33-31(34)41-24-5-3-4-22(18-24)30-36-28(21-8-10-23(11-9-21)37-14-16-43(39,40)17-15-37)29(42-30)26-7-2-1-6-25(26)27(38)19-32(20-35)12-13-32/h3-5,8-11,18,25-26,31H,1-2,6-7,12-17,19H2/t25-,26-/m1/s1. The van der Waals surface area contributed by atoms with Crippen molar-refractivity contribution < 1.29 is 31.1 Å². The van der Waals surface area contributed by atoms with E-state index in [1.165, 1.54) is 12.1 Å². The van der Waals surface area contributed by atoms with E-state index in [0.29, 0.717) is 36.5 Å². The van der Waals surface area contributed by atoms with Gasteiger partial charge in [0, 0.05) is 48.2 Å². The summed E-state index contributed by atoms with van der Waals surface area (Å²) in [6, 6.07) is 16.2. The Morgan fingerprint density at radius 1 is 1.09 bits per heavy atom. The highest BCUT2D eigenvalue weighted by Gasteiger charge is 2.47. The van der Waals surface area contributed by atoms with Crippen molar-refractivity contribution in [3.63, 3.8) is 0 Å². The number of halogens is 2. The zero-order chi connectivity index (χ0) is 30.2. The van der Waals surface area contributed by atoms with Crippen LogP contribution in [0.5, 0.6) is 5.75 Å². The fraction of sp³-hybridized carbons (Fsp3) is 0.469. The predicted octanol–water partition coefficient (Wildman–Crippen LogP) is 6.38. The molecule has 0 unspecified atom stereocenters. The van der Waals surface area contributed by atoms with E-state index in [0.717, 1.165) is 43.4 Å². The number of alkyl halides is 2. The largest absolute Gasteiger partial charge is 0.440 e. The zero-order valence-electron chi connectivity index (χ0n) is 23.7. The van der Waals surface area contributed by atoms with E-state index in [1.807, 2.05) is 29.2 Å². The van der Waals surface area contributed by atoms with Gasteiger partial charge in [0.1, 0.15) is 23.0 Å². The van der Waals surface area contributed by atoms with Crippen molar-refractivity contribution in [1.29, 1.82) is 5.26 Å². The molecule has 6 rings (SSSR count). The molecule has 2 heterocycles. The zero-order valence-corrected chi connectivity index (χ0v) is 24.5. The SMILES string of the molecule is N#CC1(CC(=O)[C@@H]2CCCC[C@H]2c2oc(-c3cccc(OC(F)F)c3)nc2-c2ccc(N3CCS(=O)(=O)CC3)cc2)CC1. The molecule has 1 saturated heterocycles. The molecular weight excluding hydrogens is 576 g/mol. The van der Waals surface area contributed by atoms with E-state index < -0.39 is 21.9 Å². The van der Waals surface area contributed by atoms with Gasteiger partial charge in [-0.2, -0.15) is 14.0 Å². The Morgan fingerprint density at radius 3 is 2.49 bits per heavy atom. The van der Waals surface area contributed by atoms with Crippen molar-refractivity contribution in [2.45, 2.75) is 57.5 Å². The molecule has 8 nitrogen and oxygen atoms in total. The molecule has 11 heteroatoms. The lowest BCUT2D eigenvalue weighted by molar-refractivity contribution is -0.125.